The van der Waals surface area contributed by atoms with Crippen molar-refractivity contribution in [2.45, 2.75) is 39.5 Å². The van der Waals surface area contributed by atoms with E-state index in [1.807, 2.05) is 13.8 Å². The molecule has 2 nitrogen and oxygen atoms in total. The van der Waals surface area contributed by atoms with Gasteiger partial charge in [-0.15, -0.1) is 0 Å². The molecule has 3 fully saturated rings. The molecule has 0 aromatic carbocycles. The highest BCUT2D eigenvalue weighted by molar-refractivity contribution is 5.02. The van der Waals surface area contributed by atoms with E-state index in [1.54, 1.807) is 0 Å². The Morgan fingerprint density at radius 3 is 2.25 bits per heavy atom. The van der Waals surface area contributed by atoms with Crippen molar-refractivity contribution >= 4 is 0 Å². The number of likely N-dealkylation sites (tertiary alicyclic amines) is 2. The fraction of sp³-hybridized carbons (Fsp3) is 1.00. The second-order valence-corrected chi connectivity index (χ2v) is 5.74. The van der Waals surface area contributed by atoms with E-state index < -0.39 is 0 Å². The molecule has 2 heteroatoms. The molecule has 0 radical (unpaired) electrons. The Labute approximate surface area is 101 Å². The number of nitrogens with zero attached hydrogens (tertiary/aromatic N) is 2. The Bertz CT molecular complexity index is 225. The van der Waals surface area contributed by atoms with E-state index in [-0.39, 0.29) is 0 Å². The van der Waals surface area contributed by atoms with Crippen molar-refractivity contribution in [1.82, 2.24) is 9.80 Å². The molecule has 2 atom stereocenters. The van der Waals surface area contributed by atoms with Gasteiger partial charge in [-0.2, -0.15) is 0 Å². The van der Waals surface area contributed by atoms with Crippen molar-refractivity contribution in [2.24, 2.45) is 11.3 Å². The van der Waals surface area contributed by atoms with Gasteiger partial charge in [-0.3, -0.25) is 0 Å². The lowest BCUT2D eigenvalue weighted by Crippen LogP contribution is -2.51. The molecule has 0 bridgehead atoms. The van der Waals surface area contributed by atoms with Gasteiger partial charge >= 0.3 is 0 Å². The zero-order valence-corrected chi connectivity index (χ0v) is 11.3. The second kappa shape index (κ2) is 5.05. The summed E-state index contributed by atoms with van der Waals surface area (Å²) < 4.78 is 0. The van der Waals surface area contributed by atoms with Gasteiger partial charge in [-0.05, 0) is 63.7 Å². The van der Waals surface area contributed by atoms with Gasteiger partial charge < -0.3 is 9.80 Å². The third-order valence-corrected chi connectivity index (χ3v) is 4.86. The molecule has 2 aliphatic heterocycles. The topological polar surface area (TPSA) is 6.48 Å². The van der Waals surface area contributed by atoms with Gasteiger partial charge in [0.25, 0.3) is 0 Å². The summed E-state index contributed by atoms with van der Waals surface area (Å²) in [5, 5.41) is 0. The Morgan fingerprint density at radius 1 is 1.12 bits per heavy atom. The van der Waals surface area contributed by atoms with Crippen LogP contribution in [0.25, 0.3) is 0 Å². The Morgan fingerprint density at radius 2 is 1.88 bits per heavy atom. The molecule has 3 aliphatic rings. The van der Waals surface area contributed by atoms with Crippen LogP contribution in [0.1, 0.15) is 39.5 Å². The van der Waals surface area contributed by atoms with Crippen molar-refractivity contribution in [2.75, 3.05) is 39.8 Å². The van der Waals surface area contributed by atoms with Crippen LogP contribution < -0.4 is 0 Å². The first-order chi connectivity index (χ1) is 7.78. The van der Waals surface area contributed by atoms with Gasteiger partial charge in [0, 0.05) is 13.1 Å². The van der Waals surface area contributed by atoms with E-state index in [1.165, 1.54) is 58.4 Å². The van der Waals surface area contributed by atoms with Crippen LogP contribution in [-0.2, 0) is 0 Å². The second-order valence-electron chi connectivity index (χ2n) is 5.74. The van der Waals surface area contributed by atoms with Crippen LogP contribution in [0.3, 0.4) is 0 Å². The molecule has 2 heterocycles. The van der Waals surface area contributed by atoms with E-state index in [0.717, 1.165) is 11.3 Å². The van der Waals surface area contributed by atoms with Crippen LogP contribution in [0.15, 0.2) is 0 Å². The molecule has 0 aromatic heterocycles. The largest absolute Gasteiger partial charge is 0.306 e. The number of hydrogen-bond acceptors (Lipinski definition) is 2. The van der Waals surface area contributed by atoms with Gasteiger partial charge in [-0.1, -0.05) is 13.8 Å². The summed E-state index contributed by atoms with van der Waals surface area (Å²) in [6, 6.07) is 0. The van der Waals surface area contributed by atoms with Crippen LogP contribution in [0.4, 0.5) is 0 Å². The maximum atomic E-state index is 2.66. The monoisotopic (exact) mass is 224 g/mol. The first kappa shape index (κ1) is 12.4. The predicted molar refractivity (Wildman–Crippen MR) is 69.7 cm³/mol. The maximum absolute atomic E-state index is 2.66. The lowest BCUT2D eigenvalue weighted by Gasteiger charge is -2.50. The Kier molecular flexibility index (Phi) is 3.91. The summed E-state index contributed by atoms with van der Waals surface area (Å²) in [5.74, 6) is 1.03. The SMILES string of the molecule is CC.CN1CCC2(CCC2CN2CCC2)C1. The molecule has 94 valence electrons. The molecule has 3 rings (SSSR count). The van der Waals surface area contributed by atoms with Gasteiger partial charge in [0.05, 0.1) is 0 Å². The van der Waals surface area contributed by atoms with Gasteiger partial charge in [0.1, 0.15) is 0 Å². The lowest BCUT2D eigenvalue weighted by molar-refractivity contribution is -0.00186. The Hall–Kier alpha value is -0.0800. The first-order valence-electron chi connectivity index (χ1n) is 7.19. The predicted octanol–water partition coefficient (Wildman–Crippen LogP) is 2.45. The summed E-state index contributed by atoms with van der Waals surface area (Å²) in [4.78, 5) is 5.19. The molecular formula is C14H28N2. The van der Waals surface area contributed by atoms with Crippen molar-refractivity contribution in [3.63, 3.8) is 0 Å². The highest BCUT2D eigenvalue weighted by atomic mass is 15.2. The maximum Gasteiger partial charge on any atom is 0.00385 e. The Balaban J connectivity index is 0.000000457. The van der Waals surface area contributed by atoms with Crippen molar-refractivity contribution in [3.05, 3.63) is 0 Å². The minimum Gasteiger partial charge on any atom is -0.306 e. The normalized spacial score (nSPS) is 38.8. The zero-order valence-electron chi connectivity index (χ0n) is 11.3. The molecule has 1 aliphatic carbocycles. The third-order valence-electron chi connectivity index (χ3n) is 4.86. The fourth-order valence-electron chi connectivity index (χ4n) is 3.56. The fourth-order valence-corrected chi connectivity index (χ4v) is 3.56. The van der Waals surface area contributed by atoms with Crippen LogP contribution in [0.5, 0.6) is 0 Å². The minimum atomic E-state index is 0.754. The summed E-state index contributed by atoms with van der Waals surface area (Å²) in [7, 11) is 2.29. The van der Waals surface area contributed by atoms with Crippen LogP contribution in [-0.4, -0.2) is 49.6 Å². The van der Waals surface area contributed by atoms with E-state index in [0.29, 0.717) is 0 Å². The van der Waals surface area contributed by atoms with Crippen LogP contribution in [0, 0.1) is 11.3 Å². The van der Waals surface area contributed by atoms with E-state index >= 15 is 0 Å². The molecule has 0 amide bonds. The molecule has 1 spiro atoms. The van der Waals surface area contributed by atoms with Gasteiger partial charge in [0.15, 0.2) is 0 Å². The molecular weight excluding hydrogens is 196 g/mol. The molecule has 1 saturated carbocycles. The average molecular weight is 224 g/mol. The van der Waals surface area contributed by atoms with Gasteiger partial charge in [0.2, 0.25) is 0 Å². The highest BCUT2D eigenvalue weighted by Gasteiger charge is 2.50. The molecule has 2 saturated heterocycles. The molecule has 0 aromatic rings. The van der Waals surface area contributed by atoms with E-state index in [9.17, 15) is 0 Å². The van der Waals surface area contributed by atoms with Crippen LogP contribution in [0.2, 0.25) is 0 Å². The minimum absolute atomic E-state index is 0.754. The zero-order chi connectivity index (χ0) is 11.6. The first-order valence-corrected chi connectivity index (χ1v) is 7.19. The smallest absolute Gasteiger partial charge is 0.00385 e. The average Bonchev–Trinajstić information content (AvgIpc) is 2.62. The molecule has 0 N–H and O–H groups in total. The standard InChI is InChI=1S/C12H22N2.C2H6/c1-13-8-5-12(10-13)4-3-11(12)9-14-6-2-7-14;1-2/h11H,2-10H2,1H3;1-2H3. The highest BCUT2D eigenvalue weighted by Crippen LogP contribution is 2.52. The van der Waals surface area contributed by atoms with Crippen molar-refractivity contribution in [3.8, 4) is 0 Å². The summed E-state index contributed by atoms with van der Waals surface area (Å²) in [5.41, 5.74) is 0.754. The van der Waals surface area contributed by atoms with Crippen LogP contribution >= 0.6 is 0 Å². The summed E-state index contributed by atoms with van der Waals surface area (Å²) in [6.07, 6.45) is 5.93. The molecule has 16 heavy (non-hydrogen) atoms. The van der Waals surface area contributed by atoms with Crippen molar-refractivity contribution < 1.29 is 0 Å². The van der Waals surface area contributed by atoms with E-state index in [2.05, 4.69) is 16.8 Å². The van der Waals surface area contributed by atoms with Crippen molar-refractivity contribution in [1.29, 1.82) is 0 Å². The molecule has 2 unspecified atom stereocenters. The number of rotatable bonds is 2. The number of hydrogen-bond donors (Lipinski definition) is 0. The quantitative estimate of drug-likeness (QED) is 0.711. The summed E-state index contributed by atoms with van der Waals surface area (Å²) >= 11 is 0. The third kappa shape index (κ3) is 2.14. The summed E-state index contributed by atoms with van der Waals surface area (Å²) in [6.45, 7) is 10.9. The van der Waals surface area contributed by atoms with Gasteiger partial charge in [-0.25, -0.2) is 0 Å². The lowest BCUT2D eigenvalue weighted by atomic mass is 9.59. The van der Waals surface area contributed by atoms with E-state index in [4.69, 9.17) is 0 Å².